The van der Waals surface area contributed by atoms with Crippen LogP contribution in [0.1, 0.15) is 53.4 Å². The third-order valence-electron chi connectivity index (χ3n) is 2.73. The summed E-state index contributed by atoms with van der Waals surface area (Å²) in [7, 11) is -2.91. The van der Waals surface area contributed by atoms with E-state index in [9.17, 15) is 13.5 Å². The van der Waals surface area contributed by atoms with Crippen LogP contribution in [0.15, 0.2) is 0 Å². The molecule has 0 aromatic rings. The summed E-state index contributed by atoms with van der Waals surface area (Å²) in [4.78, 5) is 0. The van der Waals surface area contributed by atoms with Gasteiger partial charge in [0.1, 0.15) is 9.84 Å². The highest BCUT2D eigenvalue weighted by Crippen LogP contribution is 2.29. The number of hydrogen-bond donors (Lipinski definition) is 1. The molecule has 4 heteroatoms. The molecular formula is C13H28O3S. The molecule has 0 aromatic heterocycles. The SMILES string of the molecule is CC(C)CC(O)(CCCS(C)(=O)=O)CC(C)C. The Morgan fingerprint density at radius 3 is 1.76 bits per heavy atom. The standard InChI is InChI=1S/C13H28O3S/c1-11(2)9-13(14,10-12(3)4)7-6-8-17(5,15)16/h11-12,14H,6-10H2,1-5H3. The van der Waals surface area contributed by atoms with Crippen LogP contribution in [0, 0.1) is 11.8 Å². The molecule has 0 fully saturated rings. The molecule has 1 N–H and O–H groups in total. The normalized spacial score (nSPS) is 13.6. The molecule has 0 aliphatic heterocycles. The van der Waals surface area contributed by atoms with E-state index in [2.05, 4.69) is 27.7 Å². The van der Waals surface area contributed by atoms with Crippen LogP contribution in [0.2, 0.25) is 0 Å². The van der Waals surface area contributed by atoms with E-state index in [1.54, 1.807) is 0 Å². The number of sulfone groups is 1. The molecule has 0 aliphatic carbocycles. The molecule has 0 aromatic carbocycles. The van der Waals surface area contributed by atoms with Gasteiger partial charge in [-0.2, -0.15) is 0 Å². The van der Waals surface area contributed by atoms with Gasteiger partial charge in [0.2, 0.25) is 0 Å². The summed E-state index contributed by atoms with van der Waals surface area (Å²) >= 11 is 0. The zero-order valence-electron chi connectivity index (χ0n) is 11.9. The zero-order chi connectivity index (χ0) is 13.7. The second-order valence-electron chi connectivity index (χ2n) is 6.15. The fourth-order valence-corrected chi connectivity index (χ4v) is 3.14. The molecule has 0 bridgehead atoms. The van der Waals surface area contributed by atoms with Gasteiger partial charge in [-0.1, -0.05) is 27.7 Å². The molecular weight excluding hydrogens is 236 g/mol. The van der Waals surface area contributed by atoms with Crippen LogP contribution in [0.25, 0.3) is 0 Å². The molecule has 0 radical (unpaired) electrons. The van der Waals surface area contributed by atoms with Crippen LogP contribution < -0.4 is 0 Å². The first-order valence-corrected chi connectivity index (χ1v) is 8.50. The Balaban J connectivity index is 4.38. The number of rotatable bonds is 8. The maximum Gasteiger partial charge on any atom is 0.147 e. The Hall–Kier alpha value is -0.0900. The minimum absolute atomic E-state index is 0.172. The monoisotopic (exact) mass is 264 g/mol. The largest absolute Gasteiger partial charge is 0.390 e. The summed E-state index contributed by atoms with van der Waals surface area (Å²) in [6.45, 7) is 8.34. The summed E-state index contributed by atoms with van der Waals surface area (Å²) in [5.74, 6) is 1.03. The van der Waals surface area contributed by atoms with Crippen LogP contribution >= 0.6 is 0 Å². The van der Waals surface area contributed by atoms with E-state index in [1.165, 1.54) is 6.26 Å². The van der Waals surface area contributed by atoms with E-state index in [4.69, 9.17) is 0 Å². The van der Waals surface area contributed by atoms with Crippen molar-refractivity contribution in [2.75, 3.05) is 12.0 Å². The average molecular weight is 264 g/mol. The van der Waals surface area contributed by atoms with Crippen molar-refractivity contribution in [2.24, 2.45) is 11.8 Å². The molecule has 0 heterocycles. The highest BCUT2D eigenvalue weighted by Gasteiger charge is 2.28. The van der Waals surface area contributed by atoms with Crippen LogP contribution in [-0.4, -0.2) is 31.1 Å². The van der Waals surface area contributed by atoms with Gasteiger partial charge < -0.3 is 5.11 Å². The molecule has 0 atom stereocenters. The summed E-state index contributed by atoms with van der Waals surface area (Å²) in [5.41, 5.74) is -0.701. The Bertz CT molecular complexity index is 295. The molecule has 17 heavy (non-hydrogen) atoms. The van der Waals surface area contributed by atoms with Gasteiger partial charge in [0.15, 0.2) is 0 Å². The minimum atomic E-state index is -2.91. The molecule has 0 saturated carbocycles. The predicted octanol–water partition coefficient (Wildman–Crippen LogP) is 2.63. The van der Waals surface area contributed by atoms with Crippen molar-refractivity contribution in [3.8, 4) is 0 Å². The molecule has 0 amide bonds. The fourth-order valence-electron chi connectivity index (χ4n) is 2.47. The van der Waals surface area contributed by atoms with Gasteiger partial charge in [0.05, 0.1) is 5.60 Å². The second-order valence-corrected chi connectivity index (χ2v) is 8.41. The van der Waals surface area contributed by atoms with E-state index >= 15 is 0 Å². The highest BCUT2D eigenvalue weighted by atomic mass is 32.2. The number of aliphatic hydroxyl groups is 1. The third-order valence-corrected chi connectivity index (χ3v) is 3.76. The Labute approximate surface area is 107 Å². The maximum atomic E-state index is 11.1. The van der Waals surface area contributed by atoms with Crippen LogP contribution in [0.5, 0.6) is 0 Å². The van der Waals surface area contributed by atoms with Gasteiger partial charge in [0, 0.05) is 12.0 Å². The highest BCUT2D eigenvalue weighted by molar-refractivity contribution is 7.90. The van der Waals surface area contributed by atoms with E-state index in [0.717, 1.165) is 12.8 Å². The molecule has 0 saturated heterocycles. The molecule has 0 rings (SSSR count). The molecule has 104 valence electrons. The lowest BCUT2D eigenvalue weighted by atomic mass is 9.82. The van der Waals surface area contributed by atoms with Crippen molar-refractivity contribution in [1.29, 1.82) is 0 Å². The Kier molecular flexibility index (Phi) is 6.70. The Morgan fingerprint density at radius 2 is 1.47 bits per heavy atom. The number of hydrogen-bond acceptors (Lipinski definition) is 3. The van der Waals surface area contributed by atoms with Gasteiger partial charge >= 0.3 is 0 Å². The van der Waals surface area contributed by atoms with Crippen molar-refractivity contribution in [2.45, 2.75) is 59.0 Å². The Morgan fingerprint density at radius 1 is 1.06 bits per heavy atom. The lowest BCUT2D eigenvalue weighted by Crippen LogP contribution is -2.33. The van der Waals surface area contributed by atoms with Crippen LogP contribution in [0.3, 0.4) is 0 Å². The molecule has 0 spiro atoms. The maximum absolute atomic E-state index is 11.1. The summed E-state index contributed by atoms with van der Waals surface area (Å²) in [5, 5.41) is 10.6. The lowest BCUT2D eigenvalue weighted by Gasteiger charge is -2.31. The second kappa shape index (κ2) is 6.74. The fraction of sp³-hybridized carbons (Fsp3) is 1.00. The minimum Gasteiger partial charge on any atom is -0.390 e. The van der Waals surface area contributed by atoms with E-state index < -0.39 is 15.4 Å². The van der Waals surface area contributed by atoms with Crippen molar-refractivity contribution in [3.63, 3.8) is 0 Å². The van der Waals surface area contributed by atoms with Crippen LogP contribution in [-0.2, 0) is 9.84 Å². The smallest absolute Gasteiger partial charge is 0.147 e. The molecule has 3 nitrogen and oxygen atoms in total. The van der Waals surface area contributed by atoms with Crippen molar-refractivity contribution >= 4 is 9.84 Å². The summed E-state index contributed by atoms with van der Waals surface area (Å²) in [6.07, 6.45) is 3.87. The summed E-state index contributed by atoms with van der Waals surface area (Å²) in [6, 6.07) is 0. The first-order chi connectivity index (χ1) is 7.54. The molecule has 0 unspecified atom stereocenters. The van der Waals surface area contributed by atoms with Crippen LogP contribution in [0.4, 0.5) is 0 Å². The predicted molar refractivity (Wildman–Crippen MR) is 72.8 cm³/mol. The summed E-state index contributed by atoms with van der Waals surface area (Å²) < 4.78 is 22.2. The zero-order valence-corrected chi connectivity index (χ0v) is 12.7. The van der Waals surface area contributed by atoms with Gasteiger partial charge in [-0.05, 0) is 37.5 Å². The topological polar surface area (TPSA) is 54.4 Å². The van der Waals surface area contributed by atoms with E-state index in [0.29, 0.717) is 24.7 Å². The van der Waals surface area contributed by atoms with Gasteiger partial charge in [0.25, 0.3) is 0 Å². The molecule has 0 aliphatic rings. The van der Waals surface area contributed by atoms with Crippen molar-refractivity contribution < 1.29 is 13.5 Å². The van der Waals surface area contributed by atoms with E-state index in [-0.39, 0.29) is 5.75 Å². The first kappa shape index (κ1) is 16.9. The van der Waals surface area contributed by atoms with Crippen molar-refractivity contribution in [1.82, 2.24) is 0 Å². The third kappa shape index (κ3) is 9.60. The van der Waals surface area contributed by atoms with Crippen molar-refractivity contribution in [3.05, 3.63) is 0 Å². The average Bonchev–Trinajstić information content (AvgIpc) is 1.95. The lowest BCUT2D eigenvalue weighted by molar-refractivity contribution is -0.00771. The van der Waals surface area contributed by atoms with Gasteiger partial charge in [-0.15, -0.1) is 0 Å². The van der Waals surface area contributed by atoms with Gasteiger partial charge in [-0.3, -0.25) is 0 Å². The quantitative estimate of drug-likeness (QED) is 0.733. The first-order valence-electron chi connectivity index (χ1n) is 6.44. The van der Waals surface area contributed by atoms with E-state index in [1.807, 2.05) is 0 Å². The van der Waals surface area contributed by atoms with Gasteiger partial charge in [-0.25, -0.2) is 8.42 Å².